The Kier molecular flexibility index (Phi) is 5.82. The second-order valence-electron chi connectivity index (χ2n) is 4.95. The van der Waals surface area contributed by atoms with Crippen LogP contribution in [0.3, 0.4) is 0 Å². The van der Waals surface area contributed by atoms with Crippen molar-refractivity contribution in [1.29, 1.82) is 0 Å². The maximum atomic E-state index is 12.4. The molecule has 0 bridgehead atoms. The number of ketones is 2. The molecule has 0 saturated heterocycles. The van der Waals surface area contributed by atoms with Crippen LogP contribution in [-0.2, 0) is 14.3 Å². The lowest BCUT2D eigenvalue weighted by molar-refractivity contribution is -0.152. The second kappa shape index (κ2) is 7.83. The Morgan fingerprint density at radius 1 is 1.00 bits per heavy atom. The molecule has 2 aromatic rings. The summed E-state index contributed by atoms with van der Waals surface area (Å²) < 4.78 is 5.37. The van der Waals surface area contributed by atoms with Crippen LogP contribution in [0.15, 0.2) is 59.1 Å². The van der Waals surface area contributed by atoms with Crippen molar-refractivity contribution in [3.8, 4) is 0 Å². The average molecular weight is 375 g/mol. The fourth-order valence-electron chi connectivity index (χ4n) is 2.23. The highest BCUT2D eigenvalue weighted by molar-refractivity contribution is 9.10. The quantitative estimate of drug-likeness (QED) is 0.440. The number of carbonyl (C=O) groups excluding carboxylic acids is 3. The van der Waals surface area contributed by atoms with Crippen molar-refractivity contribution in [2.75, 3.05) is 7.11 Å². The van der Waals surface area contributed by atoms with E-state index in [4.69, 9.17) is 0 Å². The van der Waals surface area contributed by atoms with Gasteiger partial charge in [-0.2, -0.15) is 0 Å². The third-order valence-corrected chi connectivity index (χ3v) is 3.99. The molecule has 4 nitrogen and oxygen atoms in total. The van der Waals surface area contributed by atoms with E-state index in [0.717, 1.165) is 11.6 Å². The van der Waals surface area contributed by atoms with Crippen molar-refractivity contribution >= 4 is 33.5 Å². The van der Waals surface area contributed by atoms with E-state index in [1.54, 1.807) is 54.6 Å². The van der Waals surface area contributed by atoms with E-state index in [1.165, 1.54) is 0 Å². The van der Waals surface area contributed by atoms with Gasteiger partial charge in [0.05, 0.1) is 13.0 Å². The Morgan fingerprint density at radius 2 is 1.61 bits per heavy atom. The highest BCUT2D eigenvalue weighted by Crippen LogP contribution is 2.24. The average Bonchev–Trinajstić information content (AvgIpc) is 2.59. The van der Waals surface area contributed by atoms with Gasteiger partial charge in [-0.15, -0.1) is 0 Å². The minimum atomic E-state index is -0.942. The van der Waals surface area contributed by atoms with Gasteiger partial charge < -0.3 is 4.74 Å². The monoisotopic (exact) mass is 374 g/mol. The lowest BCUT2D eigenvalue weighted by Gasteiger charge is -2.14. The van der Waals surface area contributed by atoms with Crippen LogP contribution in [-0.4, -0.2) is 24.6 Å². The molecule has 0 amide bonds. The van der Waals surface area contributed by atoms with E-state index >= 15 is 0 Å². The number of esters is 1. The van der Waals surface area contributed by atoms with Crippen molar-refractivity contribution in [3.63, 3.8) is 0 Å². The van der Waals surface area contributed by atoms with Gasteiger partial charge >= 0.3 is 5.97 Å². The second-order valence-corrected chi connectivity index (χ2v) is 5.87. The van der Waals surface area contributed by atoms with Crippen molar-refractivity contribution < 1.29 is 19.1 Å². The molecule has 0 fully saturated rings. The van der Waals surface area contributed by atoms with E-state index in [0.29, 0.717) is 11.1 Å². The first-order valence-electron chi connectivity index (χ1n) is 6.98. The van der Waals surface area contributed by atoms with Gasteiger partial charge in [0.1, 0.15) is 0 Å². The number of rotatable bonds is 6. The standard InChI is InChI=1S/C18H15BrO4/c1-23-18(22)17(21)15(12-5-3-2-4-6-12)11-16(20)13-7-9-14(19)10-8-13/h2-10,15H,11H2,1H3. The summed E-state index contributed by atoms with van der Waals surface area (Å²) in [6, 6.07) is 15.6. The minimum Gasteiger partial charge on any atom is -0.463 e. The van der Waals surface area contributed by atoms with Gasteiger partial charge in [-0.05, 0) is 17.7 Å². The van der Waals surface area contributed by atoms with E-state index in [-0.39, 0.29) is 12.2 Å². The fourth-order valence-corrected chi connectivity index (χ4v) is 2.49. The highest BCUT2D eigenvalue weighted by atomic mass is 79.9. The Labute approximate surface area is 142 Å². The summed E-state index contributed by atoms with van der Waals surface area (Å²) in [4.78, 5) is 36.3. The maximum absolute atomic E-state index is 12.4. The number of hydrogen-bond donors (Lipinski definition) is 0. The Bertz CT molecular complexity index is 708. The molecule has 1 unspecified atom stereocenters. The molecule has 0 radical (unpaired) electrons. The normalized spacial score (nSPS) is 11.6. The van der Waals surface area contributed by atoms with Crippen LogP contribution in [0, 0.1) is 0 Å². The third-order valence-electron chi connectivity index (χ3n) is 3.46. The molecular weight excluding hydrogens is 360 g/mol. The third kappa shape index (κ3) is 4.36. The van der Waals surface area contributed by atoms with E-state index in [9.17, 15) is 14.4 Å². The van der Waals surface area contributed by atoms with Gasteiger partial charge in [-0.1, -0.05) is 58.4 Å². The Morgan fingerprint density at radius 3 is 2.17 bits per heavy atom. The number of ether oxygens (including phenoxy) is 1. The predicted octanol–water partition coefficient (Wildman–Crippen LogP) is 3.55. The van der Waals surface area contributed by atoms with Gasteiger partial charge in [0.15, 0.2) is 5.78 Å². The largest absolute Gasteiger partial charge is 0.463 e. The molecule has 0 aliphatic carbocycles. The van der Waals surface area contributed by atoms with Crippen molar-refractivity contribution in [1.82, 2.24) is 0 Å². The SMILES string of the molecule is COC(=O)C(=O)C(CC(=O)c1ccc(Br)cc1)c1ccccc1. The molecule has 0 N–H and O–H groups in total. The van der Waals surface area contributed by atoms with Crippen LogP contribution in [0.4, 0.5) is 0 Å². The lowest BCUT2D eigenvalue weighted by Crippen LogP contribution is -2.25. The van der Waals surface area contributed by atoms with Crippen LogP contribution in [0.1, 0.15) is 28.3 Å². The van der Waals surface area contributed by atoms with Crippen LogP contribution >= 0.6 is 15.9 Å². The number of halogens is 1. The number of methoxy groups -OCH3 is 1. The number of hydrogen-bond acceptors (Lipinski definition) is 4. The molecule has 0 aliphatic heterocycles. The first-order chi connectivity index (χ1) is 11.0. The molecule has 0 heterocycles. The Balaban J connectivity index is 2.27. The predicted molar refractivity (Wildman–Crippen MR) is 89.3 cm³/mol. The molecule has 0 aromatic heterocycles. The molecule has 0 aliphatic rings. The van der Waals surface area contributed by atoms with Crippen molar-refractivity contribution in [3.05, 3.63) is 70.2 Å². The van der Waals surface area contributed by atoms with Gasteiger partial charge in [-0.3, -0.25) is 9.59 Å². The van der Waals surface area contributed by atoms with E-state index < -0.39 is 17.7 Å². The zero-order valence-electron chi connectivity index (χ0n) is 12.5. The molecule has 118 valence electrons. The van der Waals surface area contributed by atoms with Crippen LogP contribution in [0.5, 0.6) is 0 Å². The molecule has 0 spiro atoms. The molecule has 5 heteroatoms. The summed E-state index contributed by atoms with van der Waals surface area (Å²) in [7, 11) is 1.15. The van der Waals surface area contributed by atoms with Crippen molar-refractivity contribution in [2.45, 2.75) is 12.3 Å². The van der Waals surface area contributed by atoms with Crippen molar-refractivity contribution in [2.24, 2.45) is 0 Å². The minimum absolute atomic E-state index is 0.0838. The number of Topliss-reactive ketones (excluding diaryl/α,β-unsaturated/α-hetero) is 2. The van der Waals surface area contributed by atoms with Crippen LogP contribution in [0.2, 0.25) is 0 Å². The van der Waals surface area contributed by atoms with Crippen LogP contribution in [0.25, 0.3) is 0 Å². The van der Waals surface area contributed by atoms with E-state index in [2.05, 4.69) is 20.7 Å². The molecule has 1 atom stereocenters. The number of benzene rings is 2. The van der Waals surface area contributed by atoms with Gasteiger partial charge in [0.25, 0.3) is 0 Å². The first kappa shape index (κ1) is 17.1. The fraction of sp³-hybridized carbons (Fsp3) is 0.167. The highest BCUT2D eigenvalue weighted by Gasteiger charge is 2.29. The Hall–Kier alpha value is -2.27. The zero-order valence-corrected chi connectivity index (χ0v) is 14.1. The van der Waals surface area contributed by atoms with Crippen LogP contribution < -0.4 is 0 Å². The van der Waals surface area contributed by atoms with Gasteiger partial charge in [-0.25, -0.2) is 4.79 Å². The summed E-state index contributed by atoms with van der Waals surface area (Å²) in [5.74, 6) is -2.71. The van der Waals surface area contributed by atoms with Gasteiger partial charge in [0, 0.05) is 16.5 Å². The molecular formula is C18H15BrO4. The summed E-state index contributed by atoms with van der Waals surface area (Å²) >= 11 is 3.31. The summed E-state index contributed by atoms with van der Waals surface area (Å²) in [6.45, 7) is 0. The van der Waals surface area contributed by atoms with E-state index in [1.807, 2.05) is 0 Å². The maximum Gasteiger partial charge on any atom is 0.374 e. The smallest absolute Gasteiger partial charge is 0.374 e. The summed E-state index contributed by atoms with van der Waals surface area (Å²) in [5, 5.41) is 0. The molecule has 0 saturated carbocycles. The zero-order chi connectivity index (χ0) is 16.8. The lowest BCUT2D eigenvalue weighted by atomic mass is 9.88. The summed E-state index contributed by atoms with van der Waals surface area (Å²) in [6.07, 6.45) is -0.0838. The summed E-state index contributed by atoms with van der Waals surface area (Å²) in [5.41, 5.74) is 1.11. The molecule has 23 heavy (non-hydrogen) atoms. The first-order valence-corrected chi connectivity index (χ1v) is 7.78. The van der Waals surface area contributed by atoms with Gasteiger partial charge in [0.2, 0.25) is 5.78 Å². The topological polar surface area (TPSA) is 60.4 Å². The number of carbonyl (C=O) groups is 3. The molecule has 2 rings (SSSR count). The molecule has 2 aromatic carbocycles.